The zero-order chi connectivity index (χ0) is 14.6. The highest BCUT2D eigenvalue weighted by atomic mass is 35.5. The molecule has 6 heteroatoms. The van der Waals surface area contributed by atoms with Crippen LogP contribution in [0.5, 0.6) is 0 Å². The van der Waals surface area contributed by atoms with Gasteiger partial charge in [-0.25, -0.2) is 9.36 Å². The summed E-state index contributed by atoms with van der Waals surface area (Å²) in [6.45, 7) is 5.40. The Kier molecular flexibility index (Phi) is 5.20. The van der Waals surface area contributed by atoms with E-state index in [1.54, 1.807) is 45.3 Å². The number of amides is 1. The number of halogens is 2. The summed E-state index contributed by atoms with van der Waals surface area (Å²) in [4.78, 5) is 11.7. The van der Waals surface area contributed by atoms with Crippen LogP contribution < -0.4 is 9.88 Å². The van der Waals surface area contributed by atoms with Crippen LogP contribution in [0.3, 0.4) is 0 Å². The van der Waals surface area contributed by atoms with Gasteiger partial charge in [0.1, 0.15) is 17.1 Å². The minimum atomic E-state index is -0.552. The highest BCUT2D eigenvalue weighted by Crippen LogP contribution is 2.20. The average molecular weight is 304 g/mol. The van der Waals surface area contributed by atoms with Crippen LogP contribution in [0.2, 0.25) is 0 Å². The number of hydrogen-bond donors (Lipinski definition) is 1. The maximum Gasteiger partial charge on any atom is 0.412 e. The Morgan fingerprint density at radius 1 is 1.42 bits per heavy atom. The van der Waals surface area contributed by atoms with E-state index in [4.69, 9.17) is 27.9 Å². The smallest absolute Gasteiger partial charge is 0.412 e. The summed E-state index contributed by atoms with van der Waals surface area (Å²) < 4.78 is 7.12. The zero-order valence-electron chi connectivity index (χ0n) is 11.3. The van der Waals surface area contributed by atoms with Crippen molar-refractivity contribution < 1.29 is 14.1 Å². The van der Waals surface area contributed by atoms with Crippen molar-refractivity contribution in [3.8, 4) is 0 Å². The average Bonchev–Trinajstić information content (AvgIpc) is 2.18. The Morgan fingerprint density at radius 2 is 2.05 bits per heavy atom. The molecular formula is C13H17Cl2N2O2+. The quantitative estimate of drug-likeness (QED) is 0.848. The summed E-state index contributed by atoms with van der Waals surface area (Å²) in [7, 11) is 1.86. The van der Waals surface area contributed by atoms with E-state index in [0.717, 1.165) is 0 Å². The Balaban J connectivity index is 2.95. The highest BCUT2D eigenvalue weighted by Gasteiger charge is 2.17. The molecule has 0 aliphatic rings. The lowest BCUT2D eigenvalue weighted by Crippen LogP contribution is -2.30. The molecular weight excluding hydrogens is 287 g/mol. The van der Waals surface area contributed by atoms with Crippen molar-refractivity contribution in [2.24, 2.45) is 7.05 Å². The van der Waals surface area contributed by atoms with E-state index in [0.29, 0.717) is 11.3 Å². The molecule has 1 aromatic heterocycles. The van der Waals surface area contributed by atoms with Crippen LogP contribution in [0.25, 0.3) is 6.08 Å². The number of ether oxygens (including phenoxy) is 1. The van der Waals surface area contributed by atoms with E-state index < -0.39 is 11.7 Å². The Bertz CT molecular complexity index is 504. The maximum atomic E-state index is 11.7. The molecule has 0 atom stereocenters. The first-order valence-electron chi connectivity index (χ1n) is 5.69. The molecule has 0 aromatic carbocycles. The number of rotatable bonds is 2. The second-order valence-corrected chi connectivity index (χ2v) is 6.05. The van der Waals surface area contributed by atoms with Crippen LogP contribution in [-0.2, 0) is 11.8 Å². The van der Waals surface area contributed by atoms with Crippen molar-refractivity contribution in [3.05, 3.63) is 28.5 Å². The summed E-state index contributed by atoms with van der Waals surface area (Å²) in [6, 6.07) is 1.74. The molecule has 104 valence electrons. The fraction of sp³-hybridized carbons (Fsp3) is 0.385. The third-order valence-corrected chi connectivity index (χ3v) is 2.25. The maximum absolute atomic E-state index is 11.7. The lowest BCUT2D eigenvalue weighted by Gasteiger charge is -2.19. The standard InChI is InChI=1S/C13H16Cl2N2O2/c1-13(2,3)19-12(18)16-10-5-6-17(4)8-9(10)7-11(14)15/h5-8H,1-4H3/p+1. The molecule has 0 aliphatic carbocycles. The van der Waals surface area contributed by atoms with E-state index >= 15 is 0 Å². The number of carbonyl (C=O) groups excluding carboxylic acids is 1. The van der Waals surface area contributed by atoms with E-state index in [1.807, 2.05) is 11.6 Å². The number of anilines is 1. The number of pyridine rings is 1. The molecule has 0 unspecified atom stereocenters. The van der Waals surface area contributed by atoms with Crippen molar-refractivity contribution in [1.82, 2.24) is 0 Å². The lowest BCUT2D eigenvalue weighted by molar-refractivity contribution is -0.671. The van der Waals surface area contributed by atoms with Crippen LogP contribution in [-0.4, -0.2) is 11.7 Å². The molecule has 0 radical (unpaired) electrons. The zero-order valence-corrected chi connectivity index (χ0v) is 12.8. The first-order chi connectivity index (χ1) is 8.67. The van der Waals surface area contributed by atoms with Gasteiger partial charge in [0, 0.05) is 6.07 Å². The van der Waals surface area contributed by atoms with Gasteiger partial charge in [-0.05, 0) is 26.8 Å². The molecule has 0 saturated carbocycles. The Hall–Kier alpha value is -1.26. The largest absolute Gasteiger partial charge is 0.444 e. The van der Waals surface area contributed by atoms with Gasteiger partial charge in [0.2, 0.25) is 0 Å². The van der Waals surface area contributed by atoms with Crippen LogP contribution >= 0.6 is 23.2 Å². The summed E-state index contributed by atoms with van der Waals surface area (Å²) in [5.41, 5.74) is 0.714. The molecule has 0 spiro atoms. The second kappa shape index (κ2) is 6.26. The van der Waals surface area contributed by atoms with Crippen LogP contribution in [0.15, 0.2) is 23.0 Å². The number of nitrogens with one attached hydrogen (secondary N) is 1. The normalized spacial score (nSPS) is 10.8. The number of aryl methyl sites for hydroxylation is 1. The van der Waals surface area contributed by atoms with Gasteiger partial charge in [0.25, 0.3) is 0 Å². The molecule has 0 bridgehead atoms. The van der Waals surface area contributed by atoms with Gasteiger partial charge in [-0.3, -0.25) is 5.32 Å². The molecule has 19 heavy (non-hydrogen) atoms. The minimum absolute atomic E-state index is 0.110. The topological polar surface area (TPSA) is 42.2 Å². The van der Waals surface area contributed by atoms with Gasteiger partial charge >= 0.3 is 6.09 Å². The molecule has 1 heterocycles. The first-order valence-corrected chi connectivity index (χ1v) is 6.45. The molecule has 0 aliphatic heterocycles. The number of hydrogen-bond acceptors (Lipinski definition) is 2. The Labute approximate surface area is 123 Å². The molecule has 1 N–H and O–H groups in total. The van der Waals surface area contributed by atoms with E-state index in [2.05, 4.69) is 5.32 Å². The van der Waals surface area contributed by atoms with E-state index in [9.17, 15) is 4.79 Å². The molecule has 0 saturated heterocycles. The monoisotopic (exact) mass is 303 g/mol. The van der Waals surface area contributed by atoms with Gasteiger partial charge in [-0.15, -0.1) is 0 Å². The van der Waals surface area contributed by atoms with E-state index in [1.165, 1.54) is 0 Å². The third kappa shape index (κ3) is 5.94. The number of nitrogens with zero attached hydrogens (tertiary/aromatic N) is 1. The van der Waals surface area contributed by atoms with Crippen molar-refractivity contribution in [2.45, 2.75) is 26.4 Å². The van der Waals surface area contributed by atoms with Gasteiger partial charge in [-0.1, -0.05) is 23.2 Å². The van der Waals surface area contributed by atoms with Gasteiger partial charge < -0.3 is 4.74 Å². The molecule has 1 aromatic rings. The Morgan fingerprint density at radius 3 is 2.58 bits per heavy atom. The fourth-order valence-electron chi connectivity index (χ4n) is 1.38. The SMILES string of the molecule is C[n+]1ccc(NC(=O)OC(C)(C)C)c(C=C(Cl)Cl)c1. The summed E-state index contributed by atoms with van der Waals surface area (Å²) in [5, 5.41) is 2.66. The van der Waals surface area contributed by atoms with E-state index in [-0.39, 0.29) is 4.49 Å². The first kappa shape index (κ1) is 15.8. The molecule has 1 rings (SSSR count). The third-order valence-electron chi connectivity index (χ3n) is 2.03. The van der Waals surface area contributed by atoms with Crippen molar-refractivity contribution in [2.75, 3.05) is 5.32 Å². The van der Waals surface area contributed by atoms with Crippen molar-refractivity contribution in [3.63, 3.8) is 0 Å². The molecule has 0 fully saturated rings. The lowest BCUT2D eigenvalue weighted by atomic mass is 10.2. The fourth-order valence-corrected chi connectivity index (χ4v) is 1.62. The van der Waals surface area contributed by atoms with Crippen molar-refractivity contribution >= 4 is 41.1 Å². The predicted octanol–water partition coefficient (Wildman–Crippen LogP) is 3.63. The predicted molar refractivity (Wildman–Crippen MR) is 77.2 cm³/mol. The van der Waals surface area contributed by atoms with Crippen LogP contribution in [0.1, 0.15) is 26.3 Å². The second-order valence-electron chi connectivity index (χ2n) is 5.04. The summed E-state index contributed by atoms with van der Waals surface area (Å²) in [5.74, 6) is 0. The molecule has 1 amide bonds. The number of carbonyl (C=O) groups is 1. The van der Waals surface area contributed by atoms with Crippen molar-refractivity contribution in [1.29, 1.82) is 0 Å². The van der Waals surface area contributed by atoms with Gasteiger partial charge in [0.15, 0.2) is 12.4 Å². The van der Waals surface area contributed by atoms with Crippen LogP contribution in [0.4, 0.5) is 10.5 Å². The number of aromatic nitrogens is 1. The molecule has 4 nitrogen and oxygen atoms in total. The summed E-state index contributed by atoms with van der Waals surface area (Å²) in [6.07, 6.45) is 4.61. The minimum Gasteiger partial charge on any atom is -0.444 e. The highest BCUT2D eigenvalue weighted by molar-refractivity contribution is 6.57. The van der Waals surface area contributed by atoms with Gasteiger partial charge in [-0.2, -0.15) is 0 Å². The van der Waals surface area contributed by atoms with Gasteiger partial charge in [0.05, 0.1) is 11.3 Å². The summed E-state index contributed by atoms with van der Waals surface area (Å²) >= 11 is 11.3. The van der Waals surface area contributed by atoms with Crippen LogP contribution in [0, 0.1) is 0 Å².